The first-order valence-electron chi connectivity index (χ1n) is 8.65. The highest BCUT2D eigenvalue weighted by atomic mass is 16.2. The van der Waals surface area contributed by atoms with Gasteiger partial charge in [0.15, 0.2) is 0 Å². The first-order valence-corrected chi connectivity index (χ1v) is 8.65. The first-order chi connectivity index (χ1) is 12.1. The number of nitrogens with one attached hydrogen (secondary N) is 1. The molecule has 1 atom stereocenters. The smallest absolute Gasteiger partial charge is 0.274 e. The van der Waals surface area contributed by atoms with Crippen LogP contribution in [0.5, 0.6) is 0 Å². The van der Waals surface area contributed by atoms with Crippen molar-refractivity contribution in [1.29, 1.82) is 0 Å². The van der Waals surface area contributed by atoms with Crippen LogP contribution in [0.25, 0.3) is 10.8 Å². The van der Waals surface area contributed by atoms with E-state index in [1.54, 1.807) is 12.3 Å². The molecule has 7 heteroatoms. The van der Waals surface area contributed by atoms with Crippen LogP contribution >= 0.6 is 0 Å². The Morgan fingerprint density at radius 2 is 2.04 bits per heavy atom. The number of amides is 2. The van der Waals surface area contributed by atoms with E-state index in [1.807, 2.05) is 23.1 Å². The van der Waals surface area contributed by atoms with E-state index in [0.717, 1.165) is 18.2 Å². The minimum Gasteiger partial charge on any atom is -0.354 e. The van der Waals surface area contributed by atoms with Gasteiger partial charge in [-0.2, -0.15) is 5.10 Å². The molecule has 1 N–H and O–H groups in total. The summed E-state index contributed by atoms with van der Waals surface area (Å²) in [6.45, 7) is 1.14. The van der Waals surface area contributed by atoms with Crippen LogP contribution in [0.4, 0.5) is 0 Å². The van der Waals surface area contributed by atoms with Gasteiger partial charge < -0.3 is 10.2 Å². The van der Waals surface area contributed by atoms with Crippen LogP contribution < -0.4 is 10.9 Å². The molecule has 2 fully saturated rings. The topological polar surface area (TPSA) is 84.3 Å². The van der Waals surface area contributed by atoms with Crippen LogP contribution in [0.3, 0.4) is 0 Å². The summed E-state index contributed by atoms with van der Waals surface area (Å²) in [5.74, 6) is -0.324. The summed E-state index contributed by atoms with van der Waals surface area (Å²) in [6, 6.07) is 7.65. The molecule has 7 nitrogen and oxygen atoms in total. The molecule has 1 unspecified atom stereocenters. The Morgan fingerprint density at radius 1 is 1.24 bits per heavy atom. The number of rotatable bonds is 5. The van der Waals surface area contributed by atoms with Crippen molar-refractivity contribution in [1.82, 2.24) is 20.0 Å². The SMILES string of the molecule is O=C(NCCn1ncc2ccccc2c1=O)C1CC(=O)N(C2CC2)C1. The van der Waals surface area contributed by atoms with Crippen molar-refractivity contribution >= 4 is 22.6 Å². The van der Waals surface area contributed by atoms with Crippen LogP contribution in [-0.4, -0.2) is 45.6 Å². The second-order valence-electron chi connectivity index (χ2n) is 6.73. The van der Waals surface area contributed by atoms with Crippen LogP contribution in [0.15, 0.2) is 35.3 Å². The Hall–Kier alpha value is -2.70. The van der Waals surface area contributed by atoms with Gasteiger partial charge in [-0.15, -0.1) is 0 Å². The molecule has 2 aliphatic rings. The van der Waals surface area contributed by atoms with Crippen molar-refractivity contribution < 1.29 is 9.59 Å². The molecule has 1 aromatic carbocycles. The molecular weight excluding hydrogens is 320 g/mol. The lowest BCUT2D eigenvalue weighted by Crippen LogP contribution is -2.36. The van der Waals surface area contributed by atoms with Crippen molar-refractivity contribution in [3.05, 3.63) is 40.8 Å². The Bertz CT molecular complexity index is 887. The Kier molecular flexibility index (Phi) is 3.99. The number of hydrogen-bond donors (Lipinski definition) is 1. The number of aromatic nitrogens is 2. The molecule has 130 valence electrons. The largest absolute Gasteiger partial charge is 0.354 e. The van der Waals surface area contributed by atoms with E-state index in [2.05, 4.69) is 10.4 Å². The van der Waals surface area contributed by atoms with Gasteiger partial charge in [0.2, 0.25) is 11.8 Å². The second-order valence-corrected chi connectivity index (χ2v) is 6.73. The molecule has 2 amide bonds. The monoisotopic (exact) mass is 340 g/mol. The van der Waals surface area contributed by atoms with Gasteiger partial charge in [0.05, 0.1) is 24.0 Å². The van der Waals surface area contributed by atoms with E-state index < -0.39 is 0 Å². The van der Waals surface area contributed by atoms with Gasteiger partial charge in [-0.1, -0.05) is 18.2 Å². The van der Waals surface area contributed by atoms with Crippen molar-refractivity contribution in [2.24, 2.45) is 5.92 Å². The van der Waals surface area contributed by atoms with Crippen LogP contribution in [0.2, 0.25) is 0 Å². The standard InChI is InChI=1S/C18H20N4O3/c23-16-9-13(11-21(16)14-5-6-14)17(24)19-7-8-22-18(25)15-4-2-1-3-12(15)10-20-22/h1-4,10,13-14H,5-9,11H2,(H,19,24). The Morgan fingerprint density at radius 3 is 2.84 bits per heavy atom. The average Bonchev–Trinajstić information content (AvgIpc) is 3.39. The molecule has 0 spiro atoms. The van der Waals surface area contributed by atoms with E-state index >= 15 is 0 Å². The average molecular weight is 340 g/mol. The third-order valence-electron chi connectivity index (χ3n) is 4.90. The third-order valence-corrected chi connectivity index (χ3v) is 4.90. The molecule has 2 heterocycles. The summed E-state index contributed by atoms with van der Waals surface area (Å²) in [7, 11) is 0. The zero-order valence-electron chi connectivity index (χ0n) is 13.9. The lowest BCUT2D eigenvalue weighted by atomic mass is 10.1. The highest BCUT2D eigenvalue weighted by molar-refractivity contribution is 5.89. The molecule has 1 aliphatic heterocycles. The normalized spacial score (nSPS) is 20.2. The Labute approximate surface area is 144 Å². The maximum atomic E-state index is 12.4. The van der Waals surface area contributed by atoms with Crippen LogP contribution in [0.1, 0.15) is 19.3 Å². The molecule has 4 rings (SSSR count). The lowest BCUT2D eigenvalue weighted by Gasteiger charge is -2.15. The fourth-order valence-corrected chi connectivity index (χ4v) is 3.36. The Balaban J connectivity index is 1.35. The quantitative estimate of drug-likeness (QED) is 0.860. The molecule has 0 bridgehead atoms. The summed E-state index contributed by atoms with van der Waals surface area (Å²) < 4.78 is 1.36. The minimum atomic E-state index is -0.283. The zero-order chi connectivity index (χ0) is 17.4. The first kappa shape index (κ1) is 15.8. The number of hydrogen-bond acceptors (Lipinski definition) is 4. The second kappa shape index (κ2) is 6.31. The molecule has 25 heavy (non-hydrogen) atoms. The zero-order valence-corrected chi connectivity index (χ0v) is 13.9. The van der Waals surface area contributed by atoms with E-state index in [-0.39, 0.29) is 29.7 Å². The molecule has 0 radical (unpaired) electrons. The van der Waals surface area contributed by atoms with Crippen molar-refractivity contribution in [3.8, 4) is 0 Å². The van der Waals surface area contributed by atoms with E-state index in [4.69, 9.17) is 0 Å². The van der Waals surface area contributed by atoms with Crippen molar-refractivity contribution in [2.75, 3.05) is 13.1 Å². The van der Waals surface area contributed by atoms with Gasteiger partial charge in [-0.05, 0) is 18.9 Å². The minimum absolute atomic E-state index is 0.0788. The summed E-state index contributed by atoms with van der Waals surface area (Å²) >= 11 is 0. The number of carbonyl (C=O) groups is 2. The van der Waals surface area contributed by atoms with Gasteiger partial charge >= 0.3 is 0 Å². The van der Waals surface area contributed by atoms with Crippen LogP contribution in [0, 0.1) is 5.92 Å². The summed E-state index contributed by atoms with van der Waals surface area (Å²) in [5, 5.41) is 8.40. The summed E-state index contributed by atoms with van der Waals surface area (Å²) in [4.78, 5) is 38.4. The fourth-order valence-electron chi connectivity index (χ4n) is 3.36. The highest BCUT2D eigenvalue weighted by Crippen LogP contribution is 2.32. The number of carbonyl (C=O) groups excluding carboxylic acids is 2. The molecule has 2 aromatic rings. The number of likely N-dealkylation sites (tertiary alicyclic amines) is 1. The van der Waals surface area contributed by atoms with Crippen molar-refractivity contribution in [2.45, 2.75) is 31.8 Å². The summed E-state index contributed by atoms with van der Waals surface area (Å²) in [5.41, 5.74) is -0.164. The molecular formula is C18H20N4O3. The lowest BCUT2D eigenvalue weighted by molar-refractivity contribution is -0.129. The number of fused-ring (bicyclic) bond motifs is 1. The predicted octanol–water partition coefficient (Wildman–Crippen LogP) is 0.524. The molecule has 1 aliphatic carbocycles. The number of benzene rings is 1. The fraction of sp³-hybridized carbons (Fsp3) is 0.444. The van der Waals surface area contributed by atoms with E-state index in [1.165, 1.54) is 4.68 Å². The molecule has 1 saturated heterocycles. The van der Waals surface area contributed by atoms with Crippen LogP contribution in [-0.2, 0) is 16.1 Å². The van der Waals surface area contributed by atoms with Gasteiger partial charge in [-0.25, -0.2) is 4.68 Å². The predicted molar refractivity (Wildman–Crippen MR) is 91.9 cm³/mol. The maximum absolute atomic E-state index is 12.4. The van der Waals surface area contributed by atoms with Gasteiger partial charge in [0, 0.05) is 30.9 Å². The van der Waals surface area contributed by atoms with Gasteiger partial charge in [-0.3, -0.25) is 14.4 Å². The summed E-state index contributed by atoms with van der Waals surface area (Å²) in [6.07, 6.45) is 4.05. The number of nitrogens with zero attached hydrogens (tertiary/aromatic N) is 3. The van der Waals surface area contributed by atoms with Gasteiger partial charge in [0.1, 0.15) is 0 Å². The van der Waals surface area contributed by atoms with Crippen molar-refractivity contribution in [3.63, 3.8) is 0 Å². The molecule has 1 aromatic heterocycles. The van der Waals surface area contributed by atoms with E-state index in [9.17, 15) is 14.4 Å². The van der Waals surface area contributed by atoms with E-state index in [0.29, 0.717) is 31.1 Å². The highest BCUT2D eigenvalue weighted by Gasteiger charge is 2.41. The third kappa shape index (κ3) is 3.14. The maximum Gasteiger partial charge on any atom is 0.274 e. The molecule has 1 saturated carbocycles. The van der Waals surface area contributed by atoms with Gasteiger partial charge in [0.25, 0.3) is 5.56 Å².